The van der Waals surface area contributed by atoms with Crippen LogP contribution in [-0.4, -0.2) is 0 Å². The molecule has 0 aromatic heterocycles. The Morgan fingerprint density at radius 1 is 1.15 bits per heavy atom. The Balaban J connectivity index is 3.04. The molecule has 0 aliphatic heterocycles. The van der Waals surface area contributed by atoms with Crippen LogP contribution in [0.25, 0.3) is 5.57 Å². The fraction of sp³-hybridized carbons (Fsp3) is 0.167. The summed E-state index contributed by atoms with van der Waals surface area (Å²) in [5.74, 6) is 0. The monoisotopic (exact) mass is 173 g/mol. The fourth-order valence-corrected chi connectivity index (χ4v) is 1.19. The van der Waals surface area contributed by atoms with E-state index in [2.05, 4.69) is 18.5 Å². The van der Waals surface area contributed by atoms with Crippen LogP contribution in [0.15, 0.2) is 43.1 Å². The van der Waals surface area contributed by atoms with E-state index in [0.717, 1.165) is 22.5 Å². The van der Waals surface area contributed by atoms with E-state index < -0.39 is 0 Å². The minimum Gasteiger partial charge on any atom is -0.359 e. The first-order chi connectivity index (χ1) is 6.11. The zero-order valence-electron chi connectivity index (χ0n) is 8.22. The maximum Gasteiger partial charge on any atom is 0.0457 e. The molecular weight excluding hydrogens is 158 g/mol. The van der Waals surface area contributed by atoms with Crippen molar-refractivity contribution in [2.75, 3.05) is 5.32 Å². The Morgan fingerprint density at radius 2 is 1.77 bits per heavy atom. The van der Waals surface area contributed by atoms with Crippen molar-refractivity contribution < 1.29 is 0 Å². The van der Waals surface area contributed by atoms with Crippen LogP contribution in [0.2, 0.25) is 0 Å². The molecule has 1 N–H and O–H groups in total. The van der Waals surface area contributed by atoms with E-state index >= 15 is 0 Å². The van der Waals surface area contributed by atoms with E-state index in [1.165, 1.54) is 0 Å². The molecule has 0 atom stereocenters. The number of allylic oxidation sites excluding steroid dienone is 2. The maximum atomic E-state index is 3.92. The number of para-hydroxylation sites is 1. The van der Waals surface area contributed by atoms with Crippen molar-refractivity contribution in [1.82, 2.24) is 0 Å². The van der Waals surface area contributed by atoms with E-state index in [1.807, 2.05) is 38.1 Å². The molecule has 0 aliphatic rings. The molecule has 0 spiro atoms. The molecule has 0 amide bonds. The van der Waals surface area contributed by atoms with Gasteiger partial charge in [0.25, 0.3) is 0 Å². The van der Waals surface area contributed by atoms with Crippen LogP contribution in [-0.2, 0) is 0 Å². The minimum absolute atomic E-state index is 0.939. The summed E-state index contributed by atoms with van der Waals surface area (Å²) in [5.41, 5.74) is 4.21. The van der Waals surface area contributed by atoms with Crippen molar-refractivity contribution >= 4 is 11.3 Å². The Labute approximate surface area is 79.8 Å². The number of hydrogen-bond acceptors (Lipinski definition) is 1. The van der Waals surface area contributed by atoms with Crippen LogP contribution in [0.4, 0.5) is 5.69 Å². The quantitative estimate of drug-likeness (QED) is 0.735. The molecule has 0 radical (unpaired) electrons. The molecule has 0 heterocycles. The molecule has 0 unspecified atom stereocenters. The summed E-state index contributed by atoms with van der Waals surface area (Å²) in [6, 6.07) is 8.08. The zero-order valence-corrected chi connectivity index (χ0v) is 8.22. The van der Waals surface area contributed by atoms with Crippen LogP contribution < -0.4 is 5.32 Å². The number of hydrogen-bond donors (Lipinski definition) is 1. The average molecular weight is 173 g/mol. The highest BCUT2D eigenvalue weighted by molar-refractivity contribution is 5.74. The van der Waals surface area contributed by atoms with Gasteiger partial charge in [0.1, 0.15) is 0 Å². The van der Waals surface area contributed by atoms with Gasteiger partial charge >= 0.3 is 0 Å². The van der Waals surface area contributed by atoms with E-state index in [-0.39, 0.29) is 0 Å². The van der Waals surface area contributed by atoms with Crippen molar-refractivity contribution in [2.24, 2.45) is 0 Å². The first-order valence-electron chi connectivity index (χ1n) is 4.28. The van der Waals surface area contributed by atoms with Crippen molar-refractivity contribution in [2.45, 2.75) is 13.8 Å². The number of nitrogens with one attached hydrogen (secondary N) is 1. The second kappa shape index (κ2) is 3.94. The van der Waals surface area contributed by atoms with Gasteiger partial charge in [0.05, 0.1) is 0 Å². The second-order valence-electron chi connectivity index (χ2n) is 3.23. The third-order valence-corrected chi connectivity index (χ3v) is 1.73. The first-order valence-corrected chi connectivity index (χ1v) is 4.28. The summed E-state index contributed by atoms with van der Waals surface area (Å²) in [6.45, 7) is 11.7. The van der Waals surface area contributed by atoms with Crippen molar-refractivity contribution in [1.29, 1.82) is 0 Å². The third kappa shape index (κ3) is 2.48. The molecule has 13 heavy (non-hydrogen) atoms. The van der Waals surface area contributed by atoms with Gasteiger partial charge in [0.15, 0.2) is 0 Å². The van der Waals surface area contributed by atoms with Crippen molar-refractivity contribution in [3.05, 3.63) is 48.7 Å². The average Bonchev–Trinajstić information content (AvgIpc) is 2.03. The van der Waals surface area contributed by atoms with Crippen LogP contribution in [0.1, 0.15) is 19.4 Å². The lowest BCUT2D eigenvalue weighted by atomic mass is 10.1. The lowest BCUT2D eigenvalue weighted by molar-refractivity contribution is 1.38. The van der Waals surface area contributed by atoms with Crippen molar-refractivity contribution in [3.63, 3.8) is 0 Å². The van der Waals surface area contributed by atoms with E-state index in [1.54, 1.807) is 0 Å². The molecule has 0 aliphatic carbocycles. The molecule has 1 aromatic rings. The third-order valence-electron chi connectivity index (χ3n) is 1.73. The summed E-state index contributed by atoms with van der Waals surface area (Å²) in [5, 5.41) is 3.20. The maximum absolute atomic E-state index is 3.92. The minimum atomic E-state index is 0.939. The molecule has 0 saturated carbocycles. The van der Waals surface area contributed by atoms with Crippen molar-refractivity contribution in [3.8, 4) is 0 Å². The Hall–Kier alpha value is -1.50. The summed E-state index contributed by atoms with van der Waals surface area (Å²) in [4.78, 5) is 0. The number of rotatable bonds is 3. The normalized spacial score (nSPS) is 9.38. The highest BCUT2D eigenvalue weighted by Crippen LogP contribution is 2.22. The molecular formula is C12H15N. The lowest BCUT2D eigenvalue weighted by Gasteiger charge is -2.10. The molecule has 68 valence electrons. The summed E-state index contributed by atoms with van der Waals surface area (Å²) < 4.78 is 0. The smallest absolute Gasteiger partial charge is 0.0457 e. The van der Waals surface area contributed by atoms with Gasteiger partial charge in [0, 0.05) is 16.9 Å². The van der Waals surface area contributed by atoms with Crippen LogP contribution in [0.3, 0.4) is 0 Å². The van der Waals surface area contributed by atoms with Gasteiger partial charge in [-0.3, -0.25) is 0 Å². The Bertz CT molecular complexity index is 337. The van der Waals surface area contributed by atoms with Gasteiger partial charge < -0.3 is 5.32 Å². The summed E-state index contributed by atoms with van der Waals surface area (Å²) in [7, 11) is 0. The first kappa shape index (κ1) is 9.59. The van der Waals surface area contributed by atoms with Gasteiger partial charge in [0.2, 0.25) is 0 Å². The molecule has 1 rings (SSSR count). The molecule has 1 aromatic carbocycles. The SMILES string of the molecule is C=C(C)Nc1ccccc1C(=C)C. The second-order valence-corrected chi connectivity index (χ2v) is 3.23. The standard InChI is InChI=1S/C12H15N/c1-9(2)11-7-5-6-8-12(11)13-10(3)4/h5-8,13H,1,3H2,2,4H3. The van der Waals surface area contributed by atoms with E-state index in [4.69, 9.17) is 0 Å². The van der Waals surface area contributed by atoms with Gasteiger partial charge in [-0.1, -0.05) is 31.4 Å². The summed E-state index contributed by atoms with van der Waals surface area (Å²) >= 11 is 0. The van der Waals surface area contributed by atoms with E-state index in [9.17, 15) is 0 Å². The predicted octanol–water partition coefficient (Wildman–Crippen LogP) is 3.67. The highest BCUT2D eigenvalue weighted by Gasteiger charge is 2.00. The van der Waals surface area contributed by atoms with Gasteiger partial charge in [-0.15, -0.1) is 0 Å². The zero-order chi connectivity index (χ0) is 9.84. The van der Waals surface area contributed by atoms with Gasteiger partial charge in [-0.05, 0) is 25.5 Å². The lowest BCUT2D eigenvalue weighted by Crippen LogP contribution is -1.96. The number of benzene rings is 1. The number of anilines is 1. The van der Waals surface area contributed by atoms with Crippen LogP contribution in [0, 0.1) is 0 Å². The molecule has 1 nitrogen and oxygen atoms in total. The Kier molecular flexibility index (Phi) is 2.91. The molecule has 0 saturated heterocycles. The molecule has 1 heteroatoms. The highest BCUT2D eigenvalue weighted by atomic mass is 14.9. The van der Waals surface area contributed by atoms with E-state index in [0.29, 0.717) is 0 Å². The van der Waals surface area contributed by atoms with Crippen LogP contribution in [0.5, 0.6) is 0 Å². The van der Waals surface area contributed by atoms with Crippen LogP contribution >= 0.6 is 0 Å². The van der Waals surface area contributed by atoms with Gasteiger partial charge in [-0.25, -0.2) is 0 Å². The fourth-order valence-electron chi connectivity index (χ4n) is 1.19. The van der Waals surface area contributed by atoms with Gasteiger partial charge in [-0.2, -0.15) is 0 Å². The largest absolute Gasteiger partial charge is 0.359 e. The topological polar surface area (TPSA) is 12.0 Å². The molecule has 0 bridgehead atoms. The predicted molar refractivity (Wildman–Crippen MR) is 59.6 cm³/mol. The molecule has 0 fully saturated rings. The Morgan fingerprint density at radius 3 is 2.31 bits per heavy atom. The summed E-state index contributed by atoms with van der Waals surface area (Å²) in [6.07, 6.45) is 0.